The normalized spacial score (nSPS) is 12.4. The Labute approximate surface area is 100 Å². The predicted octanol–water partition coefficient (Wildman–Crippen LogP) is 2.83. The van der Waals surface area contributed by atoms with E-state index in [0.717, 1.165) is 10.7 Å². The number of nitrogens with one attached hydrogen (secondary N) is 1. The fraction of sp³-hybridized carbons (Fsp3) is 0.500. The number of thiazole rings is 1. The molecule has 2 heterocycles. The standard InChI is InChI=1S/C10H12F3N3S/c11-10(12,13)2-1-3-14-6-8-7-16-4-5-17-9(16)15-8/h4-5,7,14H,1-3,6H2. The number of fused-ring (bicyclic) bond motifs is 1. The van der Waals surface area contributed by atoms with Gasteiger partial charge in [-0.25, -0.2) is 4.98 Å². The van der Waals surface area contributed by atoms with Crippen LogP contribution in [0.1, 0.15) is 18.5 Å². The zero-order chi connectivity index (χ0) is 12.3. The molecule has 94 valence electrons. The molecule has 2 rings (SSSR count). The molecular formula is C10H12F3N3S. The van der Waals surface area contributed by atoms with Crippen LogP contribution in [0.5, 0.6) is 0 Å². The second-order valence-electron chi connectivity index (χ2n) is 3.72. The Morgan fingerprint density at radius 2 is 2.24 bits per heavy atom. The van der Waals surface area contributed by atoms with Crippen molar-refractivity contribution in [2.45, 2.75) is 25.6 Å². The molecule has 0 saturated carbocycles. The molecule has 0 bridgehead atoms. The van der Waals surface area contributed by atoms with Crippen LogP contribution in [-0.2, 0) is 6.54 Å². The van der Waals surface area contributed by atoms with Crippen LogP contribution in [0, 0.1) is 0 Å². The minimum absolute atomic E-state index is 0.103. The van der Waals surface area contributed by atoms with Gasteiger partial charge in [-0.3, -0.25) is 4.40 Å². The first-order valence-corrected chi connectivity index (χ1v) is 6.11. The van der Waals surface area contributed by atoms with Gasteiger partial charge in [0, 0.05) is 30.7 Å². The van der Waals surface area contributed by atoms with Crippen molar-refractivity contribution in [1.29, 1.82) is 0 Å². The fourth-order valence-corrected chi connectivity index (χ4v) is 2.21. The minimum Gasteiger partial charge on any atom is -0.311 e. The van der Waals surface area contributed by atoms with Crippen molar-refractivity contribution in [2.24, 2.45) is 0 Å². The van der Waals surface area contributed by atoms with Crippen LogP contribution >= 0.6 is 11.3 Å². The van der Waals surface area contributed by atoms with Gasteiger partial charge in [0.2, 0.25) is 0 Å². The van der Waals surface area contributed by atoms with Gasteiger partial charge < -0.3 is 5.32 Å². The van der Waals surface area contributed by atoms with Gasteiger partial charge in [-0.2, -0.15) is 13.2 Å². The highest BCUT2D eigenvalue weighted by Gasteiger charge is 2.25. The first-order chi connectivity index (χ1) is 8.04. The molecule has 3 nitrogen and oxygen atoms in total. The van der Waals surface area contributed by atoms with Crippen LogP contribution in [-0.4, -0.2) is 22.1 Å². The third kappa shape index (κ3) is 3.71. The molecule has 0 amide bonds. The summed E-state index contributed by atoms with van der Waals surface area (Å²) in [5, 5.41) is 4.89. The average molecular weight is 263 g/mol. The lowest BCUT2D eigenvalue weighted by Crippen LogP contribution is -2.17. The molecule has 0 aliphatic rings. The van der Waals surface area contributed by atoms with Gasteiger partial charge in [0.05, 0.1) is 5.69 Å². The fourth-order valence-electron chi connectivity index (χ4n) is 1.49. The SMILES string of the molecule is FC(F)(F)CCCNCc1cn2ccsc2n1. The van der Waals surface area contributed by atoms with Crippen molar-refractivity contribution < 1.29 is 13.2 Å². The molecule has 17 heavy (non-hydrogen) atoms. The Morgan fingerprint density at radius 3 is 2.94 bits per heavy atom. The Bertz CT molecular complexity index is 446. The highest BCUT2D eigenvalue weighted by atomic mass is 32.1. The van der Waals surface area contributed by atoms with Crippen LogP contribution in [0.3, 0.4) is 0 Å². The quantitative estimate of drug-likeness (QED) is 0.840. The second kappa shape index (κ2) is 5.05. The van der Waals surface area contributed by atoms with Crippen LogP contribution in [0.25, 0.3) is 4.96 Å². The van der Waals surface area contributed by atoms with E-state index in [-0.39, 0.29) is 6.42 Å². The summed E-state index contributed by atoms with van der Waals surface area (Å²) in [6.07, 6.45) is -0.911. The van der Waals surface area contributed by atoms with Gasteiger partial charge in [0.15, 0.2) is 4.96 Å². The van der Waals surface area contributed by atoms with E-state index in [2.05, 4.69) is 10.3 Å². The van der Waals surface area contributed by atoms with Gasteiger partial charge in [-0.1, -0.05) is 0 Å². The minimum atomic E-state index is -4.06. The third-order valence-electron chi connectivity index (χ3n) is 2.26. The molecule has 0 fully saturated rings. The average Bonchev–Trinajstić information content (AvgIpc) is 2.75. The zero-order valence-electron chi connectivity index (χ0n) is 9.00. The summed E-state index contributed by atoms with van der Waals surface area (Å²) in [6.45, 7) is 0.858. The maximum atomic E-state index is 11.9. The molecule has 0 aromatic carbocycles. The van der Waals surface area contributed by atoms with Crippen LogP contribution in [0.2, 0.25) is 0 Å². The van der Waals surface area contributed by atoms with E-state index in [1.807, 2.05) is 22.2 Å². The van der Waals surface area contributed by atoms with Crippen LogP contribution < -0.4 is 5.32 Å². The summed E-state index contributed by atoms with van der Waals surface area (Å²) < 4.78 is 37.5. The predicted molar refractivity (Wildman–Crippen MR) is 60.1 cm³/mol. The summed E-state index contributed by atoms with van der Waals surface area (Å²) in [5.41, 5.74) is 0.851. The number of halogens is 3. The van der Waals surface area contributed by atoms with Crippen molar-refractivity contribution in [3.63, 3.8) is 0 Å². The van der Waals surface area contributed by atoms with Crippen molar-refractivity contribution >= 4 is 16.3 Å². The molecule has 0 saturated heterocycles. The summed E-state index contributed by atoms with van der Waals surface area (Å²) in [7, 11) is 0. The number of alkyl halides is 3. The Balaban J connectivity index is 1.70. The van der Waals surface area contributed by atoms with Crippen molar-refractivity contribution in [3.05, 3.63) is 23.5 Å². The molecule has 0 aliphatic carbocycles. The highest BCUT2D eigenvalue weighted by Crippen LogP contribution is 2.20. The van der Waals surface area contributed by atoms with E-state index in [9.17, 15) is 13.2 Å². The Morgan fingerprint density at radius 1 is 1.41 bits per heavy atom. The summed E-state index contributed by atoms with van der Waals surface area (Å²) in [6, 6.07) is 0. The van der Waals surface area contributed by atoms with Gasteiger partial charge in [-0.15, -0.1) is 11.3 Å². The number of hydrogen-bond acceptors (Lipinski definition) is 3. The lowest BCUT2D eigenvalue weighted by Gasteiger charge is -2.06. The Hall–Kier alpha value is -1.08. The van der Waals surface area contributed by atoms with E-state index in [0.29, 0.717) is 13.1 Å². The lowest BCUT2D eigenvalue weighted by molar-refractivity contribution is -0.135. The molecule has 0 spiro atoms. The maximum Gasteiger partial charge on any atom is 0.389 e. The zero-order valence-corrected chi connectivity index (χ0v) is 9.81. The van der Waals surface area contributed by atoms with Crippen LogP contribution in [0.4, 0.5) is 13.2 Å². The molecule has 0 aliphatic heterocycles. The number of imidazole rings is 1. The maximum absolute atomic E-state index is 11.9. The monoisotopic (exact) mass is 263 g/mol. The first kappa shape index (κ1) is 12.4. The van der Waals surface area contributed by atoms with E-state index < -0.39 is 12.6 Å². The molecule has 0 radical (unpaired) electrons. The number of nitrogens with zero attached hydrogens (tertiary/aromatic N) is 2. The Kier molecular flexibility index (Phi) is 3.68. The molecule has 7 heteroatoms. The topological polar surface area (TPSA) is 29.3 Å². The van der Waals surface area contributed by atoms with Gasteiger partial charge in [-0.05, 0) is 13.0 Å². The molecule has 1 N–H and O–H groups in total. The molecule has 2 aromatic rings. The van der Waals surface area contributed by atoms with E-state index >= 15 is 0 Å². The van der Waals surface area contributed by atoms with Crippen LogP contribution in [0.15, 0.2) is 17.8 Å². The van der Waals surface area contributed by atoms with E-state index in [1.165, 1.54) is 11.3 Å². The number of hydrogen-bond donors (Lipinski definition) is 1. The summed E-state index contributed by atoms with van der Waals surface area (Å²) in [4.78, 5) is 5.22. The first-order valence-electron chi connectivity index (χ1n) is 5.23. The number of rotatable bonds is 5. The molecule has 0 unspecified atom stereocenters. The van der Waals surface area contributed by atoms with Gasteiger partial charge >= 0.3 is 6.18 Å². The molecule has 0 atom stereocenters. The van der Waals surface area contributed by atoms with Gasteiger partial charge in [0.25, 0.3) is 0 Å². The van der Waals surface area contributed by atoms with E-state index in [1.54, 1.807) is 0 Å². The van der Waals surface area contributed by atoms with Crippen molar-refractivity contribution in [1.82, 2.24) is 14.7 Å². The summed E-state index contributed by atoms with van der Waals surface area (Å²) >= 11 is 1.53. The second-order valence-corrected chi connectivity index (χ2v) is 4.59. The third-order valence-corrected chi connectivity index (χ3v) is 3.03. The lowest BCUT2D eigenvalue weighted by atomic mass is 10.3. The van der Waals surface area contributed by atoms with Crippen molar-refractivity contribution in [2.75, 3.05) is 6.54 Å². The summed E-state index contributed by atoms with van der Waals surface area (Å²) in [5.74, 6) is 0. The molecule has 2 aromatic heterocycles. The highest BCUT2D eigenvalue weighted by molar-refractivity contribution is 7.15. The van der Waals surface area contributed by atoms with Crippen molar-refractivity contribution in [3.8, 4) is 0 Å². The van der Waals surface area contributed by atoms with Gasteiger partial charge in [0.1, 0.15) is 0 Å². The van der Waals surface area contributed by atoms with E-state index in [4.69, 9.17) is 0 Å². The number of aromatic nitrogens is 2. The smallest absolute Gasteiger partial charge is 0.311 e. The largest absolute Gasteiger partial charge is 0.389 e. The molecular weight excluding hydrogens is 251 g/mol.